The largest absolute Gasteiger partial charge is 0.508 e. The number of amides is 3. The van der Waals surface area contributed by atoms with E-state index in [1.165, 1.54) is 12.1 Å². The molecule has 5 atom stereocenters. The monoisotopic (exact) mass is 462 g/mol. The molecular formula is C23H34N4O6. The lowest BCUT2D eigenvalue weighted by Crippen LogP contribution is -2.58. The summed E-state index contributed by atoms with van der Waals surface area (Å²) in [7, 11) is 0. The third kappa shape index (κ3) is 7.74. The zero-order chi connectivity index (χ0) is 24.5. The molecule has 0 bridgehead atoms. The molecule has 1 aliphatic heterocycles. The normalized spacial score (nSPS) is 19.1. The van der Waals surface area contributed by atoms with Crippen LogP contribution in [0.4, 0.5) is 0 Å². The van der Waals surface area contributed by atoms with Crippen molar-refractivity contribution in [2.75, 3.05) is 6.54 Å². The summed E-state index contributed by atoms with van der Waals surface area (Å²) in [6.45, 7) is 5.94. The fourth-order valence-electron chi connectivity index (χ4n) is 3.60. The molecule has 33 heavy (non-hydrogen) atoms. The third-order valence-corrected chi connectivity index (χ3v) is 5.91. The summed E-state index contributed by atoms with van der Waals surface area (Å²) in [5, 5.41) is 29.9. The van der Waals surface area contributed by atoms with Crippen molar-refractivity contribution in [1.29, 1.82) is 0 Å². The first-order valence-corrected chi connectivity index (χ1v) is 11.3. The predicted molar refractivity (Wildman–Crippen MR) is 121 cm³/mol. The van der Waals surface area contributed by atoms with Crippen LogP contribution in [0.3, 0.4) is 0 Å². The van der Waals surface area contributed by atoms with E-state index in [4.69, 9.17) is 0 Å². The minimum Gasteiger partial charge on any atom is -0.508 e. The van der Waals surface area contributed by atoms with Crippen LogP contribution < -0.4 is 21.3 Å². The van der Waals surface area contributed by atoms with E-state index < -0.39 is 35.9 Å². The van der Waals surface area contributed by atoms with Gasteiger partial charge in [0.05, 0.1) is 6.04 Å². The number of carboxylic acid groups (broad SMARTS) is 1. The number of phenols is 1. The molecule has 1 aliphatic rings. The number of nitrogens with one attached hydrogen (secondary N) is 4. The van der Waals surface area contributed by atoms with Gasteiger partial charge in [-0.2, -0.15) is 0 Å². The molecule has 5 unspecified atom stereocenters. The number of hydrogen-bond acceptors (Lipinski definition) is 6. The molecule has 10 heteroatoms. The predicted octanol–water partition coefficient (Wildman–Crippen LogP) is 0.292. The third-order valence-electron chi connectivity index (χ3n) is 5.91. The molecular weight excluding hydrogens is 428 g/mol. The number of carbonyl (C=O) groups is 4. The van der Waals surface area contributed by atoms with Crippen LogP contribution in [0.2, 0.25) is 0 Å². The van der Waals surface area contributed by atoms with Crippen molar-refractivity contribution < 1.29 is 29.4 Å². The van der Waals surface area contributed by atoms with Crippen LogP contribution in [-0.2, 0) is 25.6 Å². The second-order valence-corrected chi connectivity index (χ2v) is 8.52. The first-order chi connectivity index (χ1) is 15.6. The summed E-state index contributed by atoms with van der Waals surface area (Å²) in [6, 6.07) is 2.68. The first-order valence-electron chi connectivity index (χ1n) is 11.3. The second kappa shape index (κ2) is 12.2. The van der Waals surface area contributed by atoms with Crippen LogP contribution in [0, 0.1) is 5.92 Å². The number of benzene rings is 1. The van der Waals surface area contributed by atoms with Gasteiger partial charge in [-0.1, -0.05) is 32.4 Å². The second-order valence-electron chi connectivity index (χ2n) is 8.52. The van der Waals surface area contributed by atoms with E-state index in [0.29, 0.717) is 18.4 Å². The fraction of sp³-hybridized carbons (Fsp3) is 0.565. The summed E-state index contributed by atoms with van der Waals surface area (Å²) in [4.78, 5) is 49.7. The Balaban J connectivity index is 2.03. The van der Waals surface area contributed by atoms with Gasteiger partial charge < -0.3 is 31.5 Å². The highest BCUT2D eigenvalue weighted by Crippen LogP contribution is 2.13. The van der Waals surface area contributed by atoms with Crippen LogP contribution >= 0.6 is 0 Å². The SMILES string of the molecule is CCC(C)C(NC(=O)C(C)NC(=O)C1CCCN1)C(=O)NC(Cc1ccc(O)cc1)C(=O)O. The summed E-state index contributed by atoms with van der Waals surface area (Å²) < 4.78 is 0. The molecule has 1 aromatic rings. The van der Waals surface area contributed by atoms with E-state index in [2.05, 4.69) is 21.3 Å². The molecule has 10 nitrogen and oxygen atoms in total. The molecule has 1 heterocycles. The minimum absolute atomic E-state index is 0.0172. The Morgan fingerprint density at radius 3 is 2.27 bits per heavy atom. The Kier molecular flexibility index (Phi) is 9.65. The summed E-state index contributed by atoms with van der Waals surface area (Å²) in [6.07, 6.45) is 2.18. The Bertz CT molecular complexity index is 838. The van der Waals surface area contributed by atoms with Crippen molar-refractivity contribution in [1.82, 2.24) is 21.3 Å². The van der Waals surface area contributed by atoms with Gasteiger partial charge >= 0.3 is 5.97 Å². The van der Waals surface area contributed by atoms with E-state index in [9.17, 15) is 29.4 Å². The van der Waals surface area contributed by atoms with Gasteiger partial charge in [-0.15, -0.1) is 0 Å². The van der Waals surface area contributed by atoms with Crippen molar-refractivity contribution in [3.8, 4) is 5.75 Å². The molecule has 0 radical (unpaired) electrons. The summed E-state index contributed by atoms with van der Waals surface area (Å²) in [5.41, 5.74) is 0.626. The van der Waals surface area contributed by atoms with Gasteiger partial charge in [0, 0.05) is 6.42 Å². The van der Waals surface area contributed by atoms with Crippen molar-refractivity contribution in [2.45, 2.75) is 70.6 Å². The number of aromatic hydroxyl groups is 1. The number of phenolic OH excluding ortho intramolecular Hbond substituents is 1. The average Bonchev–Trinajstić information content (AvgIpc) is 3.32. The van der Waals surface area contributed by atoms with Crippen LogP contribution in [-0.4, -0.2) is 64.6 Å². The molecule has 1 aromatic carbocycles. The Labute approximate surface area is 193 Å². The lowest BCUT2D eigenvalue weighted by Gasteiger charge is -2.27. The van der Waals surface area contributed by atoms with Crippen LogP contribution in [0.5, 0.6) is 5.75 Å². The van der Waals surface area contributed by atoms with Gasteiger partial charge in [-0.3, -0.25) is 14.4 Å². The van der Waals surface area contributed by atoms with Crippen LogP contribution in [0.25, 0.3) is 0 Å². The molecule has 182 valence electrons. The molecule has 6 N–H and O–H groups in total. The fourth-order valence-corrected chi connectivity index (χ4v) is 3.60. The zero-order valence-corrected chi connectivity index (χ0v) is 19.3. The topological polar surface area (TPSA) is 157 Å². The Morgan fingerprint density at radius 1 is 1.06 bits per heavy atom. The highest BCUT2D eigenvalue weighted by molar-refractivity contribution is 5.94. The van der Waals surface area contributed by atoms with E-state index in [-0.39, 0.29) is 30.0 Å². The van der Waals surface area contributed by atoms with Crippen molar-refractivity contribution >= 4 is 23.7 Å². The van der Waals surface area contributed by atoms with E-state index >= 15 is 0 Å². The zero-order valence-electron chi connectivity index (χ0n) is 19.3. The van der Waals surface area contributed by atoms with Gasteiger partial charge in [0.25, 0.3) is 0 Å². The molecule has 0 aliphatic carbocycles. The quantitative estimate of drug-likeness (QED) is 0.276. The van der Waals surface area contributed by atoms with Crippen molar-refractivity contribution in [3.63, 3.8) is 0 Å². The molecule has 1 saturated heterocycles. The molecule has 3 amide bonds. The standard InChI is InChI=1S/C23H34N4O6/c1-4-13(2)19(27-20(29)14(3)25-21(30)17-6-5-11-24-17)22(31)26-18(23(32)33)12-15-7-9-16(28)10-8-15/h7-10,13-14,17-19,24,28H,4-6,11-12H2,1-3H3,(H,25,30)(H,26,31)(H,27,29)(H,32,33). The number of hydrogen-bond donors (Lipinski definition) is 6. The molecule has 2 rings (SSSR count). The Hall–Kier alpha value is -3.14. The van der Waals surface area contributed by atoms with E-state index in [0.717, 1.165) is 13.0 Å². The molecule has 0 aromatic heterocycles. The van der Waals surface area contributed by atoms with E-state index in [1.54, 1.807) is 26.0 Å². The average molecular weight is 463 g/mol. The molecule has 0 saturated carbocycles. The van der Waals surface area contributed by atoms with Gasteiger partial charge in [0.15, 0.2) is 0 Å². The Morgan fingerprint density at radius 2 is 1.73 bits per heavy atom. The van der Waals surface area contributed by atoms with Gasteiger partial charge in [0.1, 0.15) is 23.9 Å². The number of carbonyl (C=O) groups excluding carboxylic acids is 3. The maximum Gasteiger partial charge on any atom is 0.326 e. The summed E-state index contributed by atoms with van der Waals surface area (Å²) in [5.74, 6) is -2.82. The highest BCUT2D eigenvalue weighted by Gasteiger charge is 2.32. The van der Waals surface area contributed by atoms with Gasteiger partial charge in [0.2, 0.25) is 17.7 Å². The lowest BCUT2D eigenvalue weighted by molar-refractivity contribution is -0.142. The van der Waals surface area contributed by atoms with Crippen LogP contribution in [0.1, 0.15) is 45.6 Å². The minimum atomic E-state index is -1.21. The first kappa shape index (κ1) is 26.1. The maximum atomic E-state index is 13.0. The molecule has 0 spiro atoms. The highest BCUT2D eigenvalue weighted by atomic mass is 16.4. The molecule has 1 fully saturated rings. The maximum absolute atomic E-state index is 13.0. The lowest BCUT2D eigenvalue weighted by atomic mass is 9.97. The van der Waals surface area contributed by atoms with Crippen LogP contribution in [0.15, 0.2) is 24.3 Å². The van der Waals surface area contributed by atoms with Gasteiger partial charge in [-0.05, 0) is 49.9 Å². The number of carboxylic acids is 1. The number of rotatable bonds is 11. The summed E-state index contributed by atoms with van der Waals surface area (Å²) >= 11 is 0. The van der Waals surface area contributed by atoms with Crippen molar-refractivity contribution in [2.24, 2.45) is 5.92 Å². The smallest absolute Gasteiger partial charge is 0.326 e. The van der Waals surface area contributed by atoms with E-state index in [1.807, 2.05) is 6.92 Å². The van der Waals surface area contributed by atoms with Crippen molar-refractivity contribution in [3.05, 3.63) is 29.8 Å². The number of aliphatic carboxylic acids is 1. The van der Waals surface area contributed by atoms with Gasteiger partial charge in [-0.25, -0.2) is 4.79 Å².